The first-order chi connectivity index (χ1) is 6.81. The van der Waals surface area contributed by atoms with E-state index >= 15 is 0 Å². The predicted octanol–water partition coefficient (Wildman–Crippen LogP) is 4.23. The Kier molecular flexibility index (Phi) is 4.45. The van der Waals surface area contributed by atoms with Crippen molar-refractivity contribution in [3.8, 4) is 0 Å². The molecular formula is C14H20. The van der Waals surface area contributed by atoms with Crippen LogP contribution in [-0.2, 0) is 12.8 Å². The molecule has 0 aromatic heterocycles. The lowest BCUT2D eigenvalue weighted by atomic mass is 9.97. The Bertz CT molecular complexity index is 297. The summed E-state index contributed by atoms with van der Waals surface area (Å²) in [5.41, 5.74) is 4.26. The summed E-state index contributed by atoms with van der Waals surface area (Å²) in [6.45, 7) is 8.27. The number of hydrogen-bond donors (Lipinski definition) is 0. The summed E-state index contributed by atoms with van der Waals surface area (Å²) >= 11 is 0. The molecule has 0 bridgehead atoms. The van der Waals surface area contributed by atoms with Gasteiger partial charge in [-0.3, -0.25) is 0 Å². The second kappa shape index (κ2) is 5.64. The van der Waals surface area contributed by atoms with Crippen LogP contribution >= 0.6 is 0 Å². The molecule has 0 fully saturated rings. The topological polar surface area (TPSA) is 0 Å². The van der Waals surface area contributed by atoms with E-state index in [1.807, 2.05) is 6.08 Å². The summed E-state index contributed by atoms with van der Waals surface area (Å²) in [6.07, 6.45) is 6.76. The van der Waals surface area contributed by atoms with Crippen LogP contribution in [0.1, 0.15) is 43.4 Å². The molecule has 0 N–H and O–H groups in total. The largest absolute Gasteiger partial charge is 0.0985 e. The third-order valence-corrected chi connectivity index (χ3v) is 2.50. The van der Waals surface area contributed by atoms with Crippen LogP contribution in [0.4, 0.5) is 0 Å². The Hall–Kier alpha value is -1.04. The minimum Gasteiger partial charge on any atom is -0.0985 e. The van der Waals surface area contributed by atoms with Crippen LogP contribution in [0.25, 0.3) is 6.08 Å². The van der Waals surface area contributed by atoms with Crippen molar-refractivity contribution in [3.05, 3.63) is 41.5 Å². The van der Waals surface area contributed by atoms with E-state index in [4.69, 9.17) is 0 Å². The van der Waals surface area contributed by atoms with Crippen LogP contribution in [0.2, 0.25) is 0 Å². The van der Waals surface area contributed by atoms with Gasteiger partial charge in [0.1, 0.15) is 0 Å². The van der Waals surface area contributed by atoms with Gasteiger partial charge in [0.2, 0.25) is 0 Å². The zero-order valence-electron chi connectivity index (χ0n) is 9.34. The fraction of sp³-hybridized carbons (Fsp3) is 0.429. The normalized spacial score (nSPS) is 10.1. The van der Waals surface area contributed by atoms with E-state index in [2.05, 4.69) is 38.6 Å². The molecule has 0 nitrogen and oxygen atoms in total. The highest BCUT2D eigenvalue weighted by Crippen LogP contribution is 2.16. The lowest BCUT2D eigenvalue weighted by Gasteiger charge is -2.08. The molecule has 0 heteroatoms. The molecule has 0 aliphatic heterocycles. The monoisotopic (exact) mass is 188 g/mol. The third kappa shape index (κ3) is 2.73. The molecule has 0 radical (unpaired) electrons. The van der Waals surface area contributed by atoms with Gasteiger partial charge in [-0.25, -0.2) is 0 Å². The van der Waals surface area contributed by atoms with Crippen LogP contribution in [0.3, 0.4) is 0 Å². The molecule has 0 atom stereocenters. The lowest BCUT2D eigenvalue weighted by Crippen LogP contribution is -1.94. The molecule has 0 saturated heterocycles. The van der Waals surface area contributed by atoms with Crippen molar-refractivity contribution in [2.45, 2.75) is 39.5 Å². The van der Waals surface area contributed by atoms with Crippen molar-refractivity contribution in [1.29, 1.82) is 0 Å². The molecule has 76 valence electrons. The predicted molar refractivity (Wildman–Crippen MR) is 64.5 cm³/mol. The van der Waals surface area contributed by atoms with Gasteiger partial charge >= 0.3 is 0 Å². The Morgan fingerprint density at radius 2 is 1.71 bits per heavy atom. The molecule has 1 aromatic rings. The van der Waals surface area contributed by atoms with Crippen LogP contribution in [0.15, 0.2) is 24.8 Å². The Morgan fingerprint density at radius 1 is 1.07 bits per heavy atom. The van der Waals surface area contributed by atoms with E-state index in [1.165, 1.54) is 42.4 Å². The average Bonchev–Trinajstić information content (AvgIpc) is 2.21. The third-order valence-electron chi connectivity index (χ3n) is 2.50. The van der Waals surface area contributed by atoms with Crippen molar-refractivity contribution >= 4 is 6.08 Å². The maximum absolute atomic E-state index is 3.81. The molecule has 1 aromatic carbocycles. The molecule has 14 heavy (non-hydrogen) atoms. The van der Waals surface area contributed by atoms with Crippen LogP contribution in [0.5, 0.6) is 0 Å². The molecular weight excluding hydrogens is 168 g/mol. The van der Waals surface area contributed by atoms with E-state index in [0.717, 1.165) is 0 Å². The summed E-state index contributed by atoms with van der Waals surface area (Å²) < 4.78 is 0. The highest BCUT2D eigenvalue weighted by atomic mass is 14.1. The fourth-order valence-corrected chi connectivity index (χ4v) is 1.79. The van der Waals surface area contributed by atoms with E-state index in [1.54, 1.807) is 0 Å². The van der Waals surface area contributed by atoms with E-state index in [0.29, 0.717) is 0 Å². The van der Waals surface area contributed by atoms with Gasteiger partial charge < -0.3 is 0 Å². The SMILES string of the molecule is C=Cc1ccc(CCC)c(CCC)c1. The van der Waals surface area contributed by atoms with Crippen molar-refractivity contribution in [3.63, 3.8) is 0 Å². The van der Waals surface area contributed by atoms with E-state index in [-0.39, 0.29) is 0 Å². The van der Waals surface area contributed by atoms with Crippen LogP contribution < -0.4 is 0 Å². The number of benzene rings is 1. The second-order valence-corrected chi connectivity index (χ2v) is 3.73. The number of hydrogen-bond acceptors (Lipinski definition) is 0. The fourth-order valence-electron chi connectivity index (χ4n) is 1.79. The van der Waals surface area contributed by atoms with E-state index < -0.39 is 0 Å². The Labute approximate surface area is 87.7 Å². The summed E-state index contributed by atoms with van der Waals surface area (Å²) in [7, 11) is 0. The molecule has 0 saturated carbocycles. The zero-order valence-corrected chi connectivity index (χ0v) is 9.34. The molecule has 1 rings (SSSR count). The number of rotatable bonds is 5. The summed E-state index contributed by atoms with van der Waals surface area (Å²) in [5, 5.41) is 0. The Balaban J connectivity index is 2.96. The summed E-state index contributed by atoms with van der Waals surface area (Å²) in [6, 6.07) is 6.70. The maximum atomic E-state index is 3.81. The first-order valence-electron chi connectivity index (χ1n) is 5.56. The highest BCUT2D eigenvalue weighted by Gasteiger charge is 2.01. The van der Waals surface area contributed by atoms with Gasteiger partial charge in [0.25, 0.3) is 0 Å². The smallest absolute Gasteiger partial charge is 0.0260 e. The molecule has 0 aliphatic carbocycles. The first-order valence-corrected chi connectivity index (χ1v) is 5.56. The van der Waals surface area contributed by atoms with Gasteiger partial charge in [-0.2, -0.15) is 0 Å². The van der Waals surface area contributed by atoms with Crippen LogP contribution in [-0.4, -0.2) is 0 Å². The van der Waals surface area contributed by atoms with Crippen molar-refractivity contribution in [2.24, 2.45) is 0 Å². The minimum atomic E-state index is 1.19. The van der Waals surface area contributed by atoms with Gasteiger partial charge in [-0.15, -0.1) is 0 Å². The average molecular weight is 188 g/mol. The summed E-state index contributed by atoms with van der Waals surface area (Å²) in [5.74, 6) is 0. The molecule has 0 unspecified atom stereocenters. The van der Waals surface area contributed by atoms with Crippen molar-refractivity contribution < 1.29 is 0 Å². The van der Waals surface area contributed by atoms with Crippen molar-refractivity contribution in [2.75, 3.05) is 0 Å². The van der Waals surface area contributed by atoms with Gasteiger partial charge in [-0.1, -0.05) is 57.5 Å². The van der Waals surface area contributed by atoms with Gasteiger partial charge in [0.15, 0.2) is 0 Å². The van der Waals surface area contributed by atoms with Gasteiger partial charge in [-0.05, 0) is 29.5 Å². The molecule has 0 spiro atoms. The Morgan fingerprint density at radius 3 is 2.29 bits per heavy atom. The quantitative estimate of drug-likeness (QED) is 0.648. The number of aryl methyl sites for hydroxylation is 2. The standard InChI is InChI=1S/C14H20/c1-4-7-13-10-9-12(6-3)11-14(13)8-5-2/h6,9-11H,3-5,7-8H2,1-2H3. The van der Waals surface area contributed by atoms with Gasteiger partial charge in [0.05, 0.1) is 0 Å². The van der Waals surface area contributed by atoms with Gasteiger partial charge in [0, 0.05) is 0 Å². The van der Waals surface area contributed by atoms with Crippen molar-refractivity contribution in [1.82, 2.24) is 0 Å². The zero-order chi connectivity index (χ0) is 10.4. The summed E-state index contributed by atoms with van der Waals surface area (Å²) in [4.78, 5) is 0. The molecule has 0 aliphatic rings. The molecule has 0 heterocycles. The first kappa shape index (κ1) is 11.0. The lowest BCUT2D eigenvalue weighted by molar-refractivity contribution is 0.861. The molecule has 0 amide bonds. The highest BCUT2D eigenvalue weighted by molar-refractivity contribution is 5.50. The van der Waals surface area contributed by atoms with Crippen LogP contribution in [0, 0.1) is 0 Å². The van der Waals surface area contributed by atoms with E-state index in [9.17, 15) is 0 Å². The minimum absolute atomic E-state index is 1.19. The second-order valence-electron chi connectivity index (χ2n) is 3.73. The maximum Gasteiger partial charge on any atom is -0.0260 e.